The lowest BCUT2D eigenvalue weighted by molar-refractivity contribution is 0.514. The number of aliphatic hydroxyl groups is 1. The highest BCUT2D eigenvalue weighted by Crippen LogP contribution is 2.27. The topological polar surface area (TPSA) is 20.2 Å². The van der Waals surface area contributed by atoms with E-state index in [0.717, 1.165) is 10.9 Å². The summed E-state index contributed by atoms with van der Waals surface area (Å²) in [6.07, 6.45) is 0. The van der Waals surface area contributed by atoms with Gasteiger partial charge in [0.05, 0.1) is 0 Å². The van der Waals surface area contributed by atoms with Gasteiger partial charge in [0.15, 0.2) is 0 Å². The van der Waals surface area contributed by atoms with E-state index in [9.17, 15) is 5.11 Å². The zero-order valence-electron chi connectivity index (χ0n) is 9.35. The molecule has 3 rings (SSSR count). The van der Waals surface area contributed by atoms with Crippen LogP contribution in [0.5, 0.6) is 0 Å². The van der Waals surface area contributed by atoms with Crippen molar-refractivity contribution in [2.24, 2.45) is 0 Å². The fraction of sp³-hybridized carbons (Fsp3) is 0. The lowest BCUT2D eigenvalue weighted by Gasteiger charge is -2.05. The fourth-order valence-electron chi connectivity index (χ4n) is 2.19. The van der Waals surface area contributed by atoms with Crippen LogP contribution in [0.4, 0.5) is 0 Å². The molecule has 0 fully saturated rings. The first-order chi connectivity index (χ1) is 8.25. The standard InChI is InChI=1S/C16H12O/c1-11(17)13-8-9-16-14(10-13)7-6-12-4-2-3-5-15(12)16/h2-10,17H,1H2. The SMILES string of the molecule is C=C(O)c1ccc2c(ccc3ccccc32)c1. The van der Waals surface area contributed by atoms with E-state index in [1.165, 1.54) is 16.2 Å². The van der Waals surface area contributed by atoms with Gasteiger partial charge >= 0.3 is 0 Å². The molecule has 0 amide bonds. The Morgan fingerprint density at radius 3 is 2.35 bits per heavy atom. The maximum atomic E-state index is 9.40. The smallest absolute Gasteiger partial charge is 0.115 e. The van der Waals surface area contributed by atoms with Gasteiger partial charge in [-0.2, -0.15) is 0 Å². The predicted octanol–water partition coefficient (Wildman–Crippen LogP) is 4.52. The number of rotatable bonds is 1. The zero-order valence-corrected chi connectivity index (χ0v) is 9.35. The number of aliphatic hydroxyl groups excluding tert-OH is 1. The fourth-order valence-corrected chi connectivity index (χ4v) is 2.19. The van der Waals surface area contributed by atoms with E-state index in [1.54, 1.807) is 0 Å². The highest BCUT2D eigenvalue weighted by atomic mass is 16.3. The van der Waals surface area contributed by atoms with Crippen LogP contribution in [-0.2, 0) is 0 Å². The molecule has 0 aromatic heterocycles. The van der Waals surface area contributed by atoms with E-state index in [-0.39, 0.29) is 5.76 Å². The molecule has 3 aromatic rings. The van der Waals surface area contributed by atoms with Gasteiger partial charge in [0.2, 0.25) is 0 Å². The Morgan fingerprint density at radius 2 is 1.53 bits per heavy atom. The van der Waals surface area contributed by atoms with E-state index in [1.807, 2.05) is 30.3 Å². The third-order valence-corrected chi connectivity index (χ3v) is 3.08. The van der Waals surface area contributed by atoms with Crippen LogP contribution in [-0.4, -0.2) is 5.11 Å². The number of fused-ring (bicyclic) bond motifs is 3. The Bertz CT molecular complexity index is 726. The van der Waals surface area contributed by atoms with Crippen LogP contribution < -0.4 is 0 Å². The molecule has 3 aromatic carbocycles. The molecule has 0 bridgehead atoms. The molecule has 0 aliphatic carbocycles. The van der Waals surface area contributed by atoms with Crippen LogP contribution in [0.2, 0.25) is 0 Å². The Hall–Kier alpha value is -2.28. The minimum Gasteiger partial charge on any atom is -0.508 e. The number of benzene rings is 3. The van der Waals surface area contributed by atoms with Gasteiger partial charge in [0.1, 0.15) is 5.76 Å². The molecule has 82 valence electrons. The highest BCUT2D eigenvalue weighted by molar-refractivity contribution is 6.07. The molecule has 0 saturated carbocycles. The third-order valence-electron chi connectivity index (χ3n) is 3.08. The first kappa shape index (κ1) is 9.91. The van der Waals surface area contributed by atoms with Crippen molar-refractivity contribution in [2.45, 2.75) is 0 Å². The van der Waals surface area contributed by atoms with Gasteiger partial charge in [-0.3, -0.25) is 0 Å². The third kappa shape index (κ3) is 1.56. The Balaban J connectivity index is 2.41. The maximum Gasteiger partial charge on any atom is 0.115 e. The van der Waals surface area contributed by atoms with Crippen LogP contribution in [0.1, 0.15) is 5.56 Å². The first-order valence-corrected chi connectivity index (χ1v) is 5.55. The van der Waals surface area contributed by atoms with Gasteiger partial charge in [0, 0.05) is 5.56 Å². The molecule has 1 heteroatoms. The molecule has 0 aliphatic heterocycles. The minimum absolute atomic E-state index is 0.111. The summed E-state index contributed by atoms with van der Waals surface area (Å²) in [6, 6.07) is 18.4. The van der Waals surface area contributed by atoms with Crippen LogP contribution >= 0.6 is 0 Å². The highest BCUT2D eigenvalue weighted by Gasteiger charge is 2.02. The van der Waals surface area contributed by atoms with Gasteiger partial charge in [-0.05, 0) is 27.6 Å². The van der Waals surface area contributed by atoms with Crippen molar-refractivity contribution in [3.63, 3.8) is 0 Å². The molecular weight excluding hydrogens is 208 g/mol. The lowest BCUT2D eigenvalue weighted by Crippen LogP contribution is -1.82. The van der Waals surface area contributed by atoms with Crippen molar-refractivity contribution in [1.29, 1.82) is 0 Å². The van der Waals surface area contributed by atoms with Crippen LogP contribution in [0.25, 0.3) is 27.3 Å². The van der Waals surface area contributed by atoms with Gasteiger partial charge in [-0.15, -0.1) is 0 Å². The normalized spacial score (nSPS) is 10.8. The number of hydrogen-bond acceptors (Lipinski definition) is 1. The van der Waals surface area contributed by atoms with E-state index in [0.29, 0.717) is 0 Å². The molecule has 17 heavy (non-hydrogen) atoms. The van der Waals surface area contributed by atoms with Gasteiger partial charge in [-0.25, -0.2) is 0 Å². The summed E-state index contributed by atoms with van der Waals surface area (Å²) >= 11 is 0. The summed E-state index contributed by atoms with van der Waals surface area (Å²) in [4.78, 5) is 0. The summed E-state index contributed by atoms with van der Waals surface area (Å²) in [5.41, 5.74) is 0.771. The molecule has 1 nitrogen and oxygen atoms in total. The molecule has 0 saturated heterocycles. The first-order valence-electron chi connectivity index (χ1n) is 5.55. The zero-order chi connectivity index (χ0) is 11.8. The molecule has 0 spiro atoms. The average molecular weight is 220 g/mol. The van der Waals surface area contributed by atoms with Gasteiger partial charge in [0.25, 0.3) is 0 Å². The second-order valence-electron chi connectivity index (χ2n) is 4.17. The number of hydrogen-bond donors (Lipinski definition) is 1. The van der Waals surface area contributed by atoms with Crippen molar-refractivity contribution < 1.29 is 5.11 Å². The predicted molar refractivity (Wildman–Crippen MR) is 73.1 cm³/mol. The van der Waals surface area contributed by atoms with Gasteiger partial charge in [-0.1, -0.05) is 55.1 Å². The molecule has 0 unspecified atom stereocenters. The van der Waals surface area contributed by atoms with Crippen LogP contribution in [0, 0.1) is 0 Å². The summed E-state index contributed by atoms with van der Waals surface area (Å²) in [6.45, 7) is 3.55. The van der Waals surface area contributed by atoms with Crippen molar-refractivity contribution in [2.75, 3.05) is 0 Å². The molecule has 0 radical (unpaired) electrons. The van der Waals surface area contributed by atoms with Gasteiger partial charge < -0.3 is 5.11 Å². The lowest BCUT2D eigenvalue weighted by atomic mass is 10.00. The van der Waals surface area contributed by atoms with E-state index >= 15 is 0 Å². The van der Waals surface area contributed by atoms with Crippen LogP contribution in [0.15, 0.2) is 61.2 Å². The molecule has 0 atom stereocenters. The Labute approximate surface area is 99.6 Å². The molecular formula is C16H12O. The Morgan fingerprint density at radius 1 is 0.824 bits per heavy atom. The van der Waals surface area contributed by atoms with Crippen molar-refractivity contribution >= 4 is 27.3 Å². The van der Waals surface area contributed by atoms with Crippen molar-refractivity contribution in [1.82, 2.24) is 0 Å². The van der Waals surface area contributed by atoms with E-state index in [2.05, 4.69) is 30.8 Å². The monoisotopic (exact) mass is 220 g/mol. The second-order valence-corrected chi connectivity index (χ2v) is 4.17. The molecule has 0 heterocycles. The average Bonchev–Trinajstić information content (AvgIpc) is 2.38. The van der Waals surface area contributed by atoms with E-state index < -0.39 is 0 Å². The minimum atomic E-state index is 0.111. The maximum absolute atomic E-state index is 9.40. The Kier molecular flexibility index (Phi) is 2.12. The summed E-state index contributed by atoms with van der Waals surface area (Å²) in [7, 11) is 0. The molecule has 0 aliphatic rings. The molecule has 1 N–H and O–H groups in total. The summed E-state index contributed by atoms with van der Waals surface area (Å²) in [5.74, 6) is 0.111. The van der Waals surface area contributed by atoms with Crippen LogP contribution in [0.3, 0.4) is 0 Å². The van der Waals surface area contributed by atoms with Crippen molar-refractivity contribution in [3.05, 3.63) is 66.7 Å². The summed E-state index contributed by atoms with van der Waals surface area (Å²) in [5, 5.41) is 14.2. The van der Waals surface area contributed by atoms with E-state index in [4.69, 9.17) is 0 Å². The second kappa shape index (κ2) is 3.63. The largest absolute Gasteiger partial charge is 0.508 e. The van der Waals surface area contributed by atoms with Crippen molar-refractivity contribution in [3.8, 4) is 0 Å². The summed E-state index contributed by atoms with van der Waals surface area (Å²) < 4.78 is 0. The quantitative estimate of drug-likeness (QED) is 0.472.